The van der Waals surface area contributed by atoms with Crippen LogP contribution in [0.25, 0.3) is 0 Å². The molecule has 20 heavy (non-hydrogen) atoms. The Labute approximate surface area is 124 Å². The minimum Gasteiger partial charge on any atom is -0.314 e. The molecule has 1 unspecified atom stereocenters. The maximum atomic E-state index is 13.3. The molecule has 1 rings (SSSR count). The van der Waals surface area contributed by atoms with Crippen molar-refractivity contribution in [3.8, 4) is 0 Å². The molecule has 2 heteroatoms. The lowest BCUT2D eigenvalue weighted by Gasteiger charge is -2.24. The summed E-state index contributed by atoms with van der Waals surface area (Å²) in [6.45, 7) is 12.2. The molecule has 1 aromatic carbocycles. The van der Waals surface area contributed by atoms with Crippen LogP contribution < -0.4 is 5.32 Å². The molecule has 1 nitrogen and oxygen atoms in total. The highest BCUT2D eigenvalue weighted by Gasteiger charge is 2.16. The topological polar surface area (TPSA) is 12.0 Å². The van der Waals surface area contributed by atoms with E-state index in [9.17, 15) is 4.39 Å². The third kappa shape index (κ3) is 7.64. The van der Waals surface area contributed by atoms with E-state index in [-0.39, 0.29) is 5.82 Å². The summed E-state index contributed by atoms with van der Waals surface area (Å²) in [7, 11) is 0. The fraction of sp³-hybridized carbons (Fsp3) is 0.667. The summed E-state index contributed by atoms with van der Waals surface area (Å²) in [6.07, 6.45) is 3.33. The Hall–Kier alpha value is -0.890. The number of nitrogens with one attached hydrogen (secondary N) is 1. The minimum atomic E-state index is -0.131. The SMILES string of the molecule is CC(C)NCC(CCC(C)(C)C)Cc1cccc(F)c1. The third-order valence-electron chi connectivity index (χ3n) is 3.53. The van der Waals surface area contributed by atoms with Gasteiger partial charge in [0.05, 0.1) is 0 Å². The Balaban J connectivity index is 2.61. The maximum absolute atomic E-state index is 13.3. The molecule has 1 aromatic rings. The summed E-state index contributed by atoms with van der Waals surface area (Å²) in [4.78, 5) is 0. The van der Waals surface area contributed by atoms with E-state index in [1.807, 2.05) is 6.07 Å². The molecule has 0 aliphatic heterocycles. The van der Waals surface area contributed by atoms with Crippen LogP contribution in [0.15, 0.2) is 24.3 Å². The second-order valence-corrected chi connectivity index (χ2v) is 7.36. The highest BCUT2D eigenvalue weighted by atomic mass is 19.1. The molecule has 1 atom stereocenters. The van der Waals surface area contributed by atoms with E-state index in [2.05, 4.69) is 39.9 Å². The molecule has 0 saturated carbocycles. The molecule has 0 bridgehead atoms. The van der Waals surface area contributed by atoms with Crippen molar-refractivity contribution in [3.63, 3.8) is 0 Å². The minimum absolute atomic E-state index is 0.131. The molecular weight excluding hydrogens is 249 g/mol. The number of halogens is 1. The van der Waals surface area contributed by atoms with Crippen molar-refractivity contribution in [2.24, 2.45) is 11.3 Å². The number of benzene rings is 1. The average Bonchev–Trinajstić information content (AvgIpc) is 2.31. The van der Waals surface area contributed by atoms with Crippen LogP contribution in [0.3, 0.4) is 0 Å². The van der Waals surface area contributed by atoms with E-state index in [1.165, 1.54) is 18.9 Å². The van der Waals surface area contributed by atoms with Gasteiger partial charge in [0, 0.05) is 6.04 Å². The van der Waals surface area contributed by atoms with Crippen molar-refractivity contribution in [1.29, 1.82) is 0 Å². The molecule has 0 heterocycles. The van der Waals surface area contributed by atoms with Crippen LogP contribution in [-0.4, -0.2) is 12.6 Å². The van der Waals surface area contributed by atoms with Crippen LogP contribution in [0.4, 0.5) is 4.39 Å². The van der Waals surface area contributed by atoms with Crippen LogP contribution in [0.1, 0.15) is 53.0 Å². The Morgan fingerprint density at radius 2 is 1.90 bits per heavy atom. The Morgan fingerprint density at radius 1 is 1.20 bits per heavy atom. The normalized spacial score (nSPS) is 13.8. The van der Waals surface area contributed by atoms with E-state index >= 15 is 0 Å². The van der Waals surface area contributed by atoms with Gasteiger partial charge in [0.2, 0.25) is 0 Å². The Bertz CT molecular complexity index is 393. The third-order valence-corrected chi connectivity index (χ3v) is 3.53. The smallest absolute Gasteiger partial charge is 0.123 e. The van der Waals surface area contributed by atoms with Gasteiger partial charge in [-0.15, -0.1) is 0 Å². The second kappa shape index (κ2) is 7.78. The van der Waals surface area contributed by atoms with Crippen LogP contribution in [0.5, 0.6) is 0 Å². The fourth-order valence-corrected chi connectivity index (χ4v) is 2.31. The first-order valence-electron chi connectivity index (χ1n) is 7.74. The first-order chi connectivity index (χ1) is 9.26. The van der Waals surface area contributed by atoms with Gasteiger partial charge < -0.3 is 5.32 Å². The van der Waals surface area contributed by atoms with Gasteiger partial charge in [-0.25, -0.2) is 4.39 Å². The van der Waals surface area contributed by atoms with Crippen molar-refractivity contribution in [2.75, 3.05) is 6.54 Å². The first-order valence-corrected chi connectivity index (χ1v) is 7.74. The lowest BCUT2D eigenvalue weighted by molar-refractivity contribution is 0.310. The summed E-state index contributed by atoms with van der Waals surface area (Å²) in [5.74, 6) is 0.437. The average molecular weight is 279 g/mol. The van der Waals surface area contributed by atoms with Gasteiger partial charge in [-0.3, -0.25) is 0 Å². The summed E-state index contributed by atoms with van der Waals surface area (Å²) in [5, 5.41) is 3.52. The van der Waals surface area contributed by atoms with Crippen molar-refractivity contribution >= 4 is 0 Å². The first kappa shape index (κ1) is 17.2. The summed E-state index contributed by atoms with van der Waals surface area (Å²) >= 11 is 0. The second-order valence-electron chi connectivity index (χ2n) is 7.36. The molecule has 0 aliphatic carbocycles. The van der Waals surface area contributed by atoms with E-state index < -0.39 is 0 Å². The van der Waals surface area contributed by atoms with Crippen LogP contribution >= 0.6 is 0 Å². The fourth-order valence-electron chi connectivity index (χ4n) is 2.31. The van der Waals surface area contributed by atoms with Crippen LogP contribution in [0, 0.1) is 17.2 Å². The van der Waals surface area contributed by atoms with Crippen LogP contribution in [0.2, 0.25) is 0 Å². The summed E-state index contributed by atoms with van der Waals surface area (Å²) in [5.41, 5.74) is 1.47. The summed E-state index contributed by atoms with van der Waals surface area (Å²) in [6, 6.07) is 7.52. The Kier molecular flexibility index (Phi) is 6.67. The molecule has 0 radical (unpaired) electrons. The van der Waals surface area contributed by atoms with Gasteiger partial charge in [-0.2, -0.15) is 0 Å². The van der Waals surface area contributed by atoms with Gasteiger partial charge >= 0.3 is 0 Å². The van der Waals surface area contributed by atoms with Gasteiger partial charge in [-0.05, 0) is 54.8 Å². The van der Waals surface area contributed by atoms with E-state index in [4.69, 9.17) is 0 Å². The zero-order valence-corrected chi connectivity index (χ0v) is 13.7. The lowest BCUT2D eigenvalue weighted by atomic mass is 9.84. The Morgan fingerprint density at radius 3 is 2.45 bits per heavy atom. The standard InChI is InChI=1S/C18H30FN/c1-14(2)20-13-16(9-10-18(3,4)5)11-15-7-6-8-17(19)12-15/h6-8,12,14,16,20H,9-11,13H2,1-5H3. The number of hydrogen-bond donors (Lipinski definition) is 1. The van der Waals surface area contributed by atoms with Crippen molar-refractivity contribution in [2.45, 2.75) is 59.9 Å². The predicted octanol–water partition coefficient (Wildman–Crippen LogP) is 4.81. The number of hydrogen-bond acceptors (Lipinski definition) is 1. The molecule has 0 aromatic heterocycles. The van der Waals surface area contributed by atoms with Crippen molar-refractivity contribution in [3.05, 3.63) is 35.6 Å². The van der Waals surface area contributed by atoms with Crippen molar-refractivity contribution in [1.82, 2.24) is 5.32 Å². The van der Waals surface area contributed by atoms with Crippen molar-refractivity contribution < 1.29 is 4.39 Å². The van der Waals surface area contributed by atoms with E-state index in [0.717, 1.165) is 18.5 Å². The predicted molar refractivity (Wildman–Crippen MR) is 85.4 cm³/mol. The maximum Gasteiger partial charge on any atom is 0.123 e. The largest absolute Gasteiger partial charge is 0.314 e. The lowest BCUT2D eigenvalue weighted by Crippen LogP contribution is -2.30. The summed E-state index contributed by atoms with van der Waals surface area (Å²) < 4.78 is 13.3. The van der Waals surface area contributed by atoms with Crippen LogP contribution in [-0.2, 0) is 6.42 Å². The molecule has 0 spiro atoms. The zero-order valence-electron chi connectivity index (χ0n) is 13.7. The molecule has 0 saturated heterocycles. The number of rotatable bonds is 7. The van der Waals surface area contributed by atoms with Gasteiger partial charge in [0.15, 0.2) is 0 Å². The molecule has 0 amide bonds. The zero-order chi connectivity index (χ0) is 15.2. The highest BCUT2D eigenvalue weighted by molar-refractivity contribution is 5.16. The van der Waals surface area contributed by atoms with Gasteiger partial charge in [0.1, 0.15) is 5.82 Å². The molecule has 114 valence electrons. The quantitative estimate of drug-likeness (QED) is 0.755. The molecule has 1 N–H and O–H groups in total. The highest BCUT2D eigenvalue weighted by Crippen LogP contribution is 2.25. The molecular formula is C18H30FN. The van der Waals surface area contributed by atoms with Gasteiger partial charge in [0.25, 0.3) is 0 Å². The molecule has 0 fully saturated rings. The van der Waals surface area contributed by atoms with Gasteiger partial charge in [-0.1, -0.05) is 46.8 Å². The van der Waals surface area contributed by atoms with E-state index in [0.29, 0.717) is 17.4 Å². The molecule has 0 aliphatic rings. The monoisotopic (exact) mass is 279 g/mol. The van der Waals surface area contributed by atoms with E-state index in [1.54, 1.807) is 12.1 Å².